The molecule has 0 aliphatic heterocycles. The van der Waals surface area contributed by atoms with E-state index in [-0.39, 0.29) is 35.4 Å². The fourth-order valence-electron chi connectivity index (χ4n) is 4.80. The van der Waals surface area contributed by atoms with Crippen LogP contribution < -0.4 is 9.62 Å². The summed E-state index contributed by atoms with van der Waals surface area (Å²) in [7, 11) is -4.24. The van der Waals surface area contributed by atoms with Crippen LogP contribution in [0.1, 0.15) is 30.5 Å². The van der Waals surface area contributed by atoms with Gasteiger partial charge < -0.3 is 10.2 Å². The molecule has 242 valence electrons. The Morgan fingerprint density at radius 1 is 0.804 bits per heavy atom. The maximum Gasteiger partial charge on any atom is 0.264 e. The van der Waals surface area contributed by atoms with Crippen molar-refractivity contribution >= 4 is 62.3 Å². The van der Waals surface area contributed by atoms with Crippen LogP contribution in [0.25, 0.3) is 0 Å². The zero-order valence-electron chi connectivity index (χ0n) is 25.8. The van der Waals surface area contributed by atoms with Gasteiger partial charge in [-0.15, -0.1) is 0 Å². The largest absolute Gasteiger partial charge is 0.354 e. The molecule has 1 N–H and O–H groups in total. The molecule has 0 fully saturated rings. The molecule has 0 aromatic heterocycles. The van der Waals surface area contributed by atoms with E-state index in [0.29, 0.717) is 27.2 Å². The van der Waals surface area contributed by atoms with Gasteiger partial charge in [-0.2, -0.15) is 0 Å². The second-order valence-corrected chi connectivity index (χ2v) is 14.5. The number of aryl methyl sites for hydroxylation is 1. The van der Waals surface area contributed by atoms with Gasteiger partial charge in [-0.25, -0.2) is 8.42 Å². The number of rotatable bonds is 13. The van der Waals surface area contributed by atoms with Gasteiger partial charge in [-0.1, -0.05) is 103 Å². The quantitative estimate of drug-likeness (QED) is 0.156. The Hall–Kier alpha value is -3.56. The summed E-state index contributed by atoms with van der Waals surface area (Å²) in [6.45, 7) is 5.44. The predicted octanol–water partition coefficient (Wildman–Crippen LogP) is 7.56. The van der Waals surface area contributed by atoms with E-state index >= 15 is 0 Å². The van der Waals surface area contributed by atoms with Crippen LogP contribution in [0.4, 0.5) is 5.69 Å². The number of benzene rings is 4. The first-order valence-corrected chi connectivity index (χ1v) is 17.3. The maximum absolute atomic E-state index is 14.6. The van der Waals surface area contributed by atoms with E-state index in [0.717, 1.165) is 15.4 Å². The zero-order chi connectivity index (χ0) is 33.4. The highest BCUT2D eigenvalue weighted by molar-refractivity contribution is 7.92. The molecule has 0 bridgehead atoms. The molecule has 0 saturated heterocycles. The van der Waals surface area contributed by atoms with Gasteiger partial charge in [0.1, 0.15) is 12.6 Å². The number of carbonyl (C=O) groups is 2. The first-order valence-electron chi connectivity index (χ1n) is 14.8. The molecule has 2 amide bonds. The molecule has 0 heterocycles. The van der Waals surface area contributed by atoms with Crippen molar-refractivity contribution in [1.82, 2.24) is 10.2 Å². The SMILES string of the molecule is Cc1ccc(S(=O)(=O)N(CC(=O)N(Cc2c(Cl)cccc2Cl)C(Cc2ccccc2)C(=O)NCC(C)C)c2ccc(Cl)cc2)cc1. The lowest BCUT2D eigenvalue weighted by Crippen LogP contribution is -2.53. The Kier molecular flexibility index (Phi) is 12.1. The average molecular weight is 701 g/mol. The Labute approximate surface area is 286 Å². The molecular weight excluding hydrogens is 665 g/mol. The van der Waals surface area contributed by atoms with Crippen molar-refractivity contribution in [2.45, 2.75) is 44.7 Å². The molecule has 4 aromatic rings. The van der Waals surface area contributed by atoms with Gasteiger partial charge in [0.05, 0.1) is 10.6 Å². The summed E-state index contributed by atoms with van der Waals surface area (Å²) in [6.07, 6.45) is 0.171. The van der Waals surface area contributed by atoms with Crippen LogP contribution in [0.5, 0.6) is 0 Å². The van der Waals surface area contributed by atoms with Crippen molar-refractivity contribution in [1.29, 1.82) is 0 Å². The number of amides is 2. The normalized spacial score (nSPS) is 12.1. The third kappa shape index (κ3) is 9.04. The molecule has 1 unspecified atom stereocenters. The van der Waals surface area contributed by atoms with Crippen molar-refractivity contribution in [2.75, 3.05) is 17.4 Å². The summed E-state index contributed by atoms with van der Waals surface area (Å²) in [6, 6.07) is 25.8. The van der Waals surface area contributed by atoms with Gasteiger partial charge in [0.25, 0.3) is 10.0 Å². The van der Waals surface area contributed by atoms with Crippen LogP contribution in [-0.2, 0) is 32.6 Å². The minimum absolute atomic E-state index is 0.0112. The molecule has 0 aliphatic rings. The van der Waals surface area contributed by atoms with E-state index in [2.05, 4.69) is 5.32 Å². The monoisotopic (exact) mass is 699 g/mol. The number of halogens is 3. The summed E-state index contributed by atoms with van der Waals surface area (Å²) in [5.41, 5.74) is 2.37. The molecular formula is C35H36Cl3N3O4S. The molecule has 1 atom stereocenters. The van der Waals surface area contributed by atoms with Crippen LogP contribution in [0.2, 0.25) is 15.1 Å². The van der Waals surface area contributed by atoms with E-state index < -0.39 is 28.5 Å². The average Bonchev–Trinajstić information content (AvgIpc) is 3.02. The lowest BCUT2D eigenvalue weighted by atomic mass is 10.0. The Balaban J connectivity index is 1.83. The number of sulfonamides is 1. The van der Waals surface area contributed by atoms with Gasteiger partial charge >= 0.3 is 0 Å². The lowest BCUT2D eigenvalue weighted by Gasteiger charge is -2.34. The van der Waals surface area contributed by atoms with Crippen LogP contribution in [0, 0.1) is 12.8 Å². The first-order chi connectivity index (χ1) is 21.9. The Bertz CT molecular complexity index is 1730. The highest BCUT2D eigenvalue weighted by Crippen LogP contribution is 2.29. The number of nitrogens with one attached hydrogen (secondary N) is 1. The molecule has 0 radical (unpaired) electrons. The molecule has 0 aliphatic carbocycles. The fraction of sp³-hybridized carbons (Fsp3) is 0.257. The van der Waals surface area contributed by atoms with Gasteiger partial charge in [-0.3, -0.25) is 13.9 Å². The second kappa shape index (κ2) is 15.8. The number of carbonyl (C=O) groups excluding carboxylic acids is 2. The minimum atomic E-state index is -4.24. The molecule has 46 heavy (non-hydrogen) atoms. The standard InChI is InChI=1S/C35H36Cl3N3O4S/c1-24(2)21-39-35(43)33(20-26-8-5-4-6-9-26)40(22-30-31(37)10-7-11-32(30)38)34(42)23-41(28-16-14-27(36)15-17-28)46(44,45)29-18-12-25(3)13-19-29/h4-19,24,33H,20-23H2,1-3H3,(H,39,43). The van der Waals surface area contributed by atoms with Gasteiger partial charge in [0.15, 0.2) is 0 Å². The topological polar surface area (TPSA) is 86.8 Å². The van der Waals surface area contributed by atoms with Crippen molar-refractivity contribution in [3.63, 3.8) is 0 Å². The molecule has 0 saturated carbocycles. The Morgan fingerprint density at radius 2 is 1.41 bits per heavy atom. The van der Waals surface area contributed by atoms with Gasteiger partial charge in [-0.05, 0) is 66.9 Å². The zero-order valence-corrected chi connectivity index (χ0v) is 28.9. The van der Waals surface area contributed by atoms with Crippen molar-refractivity contribution in [3.8, 4) is 0 Å². The molecule has 4 aromatic carbocycles. The third-order valence-electron chi connectivity index (χ3n) is 7.35. The first kappa shape index (κ1) is 35.3. The summed E-state index contributed by atoms with van der Waals surface area (Å²) in [5, 5.41) is 3.99. The van der Waals surface area contributed by atoms with Crippen molar-refractivity contribution < 1.29 is 18.0 Å². The third-order valence-corrected chi connectivity index (χ3v) is 10.1. The molecule has 7 nitrogen and oxygen atoms in total. The van der Waals surface area contributed by atoms with E-state index in [1.54, 1.807) is 42.5 Å². The van der Waals surface area contributed by atoms with Crippen LogP contribution in [0.3, 0.4) is 0 Å². The number of nitrogens with zero attached hydrogens (tertiary/aromatic N) is 2. The number of anilines is 1. The second-order valence-electron chi connectivity index (χ2n) is 11.4. The van der Waals surface area contributed by atoms with Gasteiger partial charge in [0.2, 0.25) is 11.8 Å². The highest BCUT2D eigenvalue weighted by Gasteiger charge is 2.35. The molecule has 4 rings (SSSR count). The van der Waals surface area contributed by atoms with E-state index in [4.69, 9.17) is 34.8 Å². The summed E-state index contributed by atoms with van der Waals surface area (Å²) < 4.78 is 29.3. The van der Waals surface area contributed by atoms with Crippen LogP contribution in [0.15, 0.2) is 102 Å². The predicted molar refractivity (Wildman–Crippen MR) is 186 cm³/mol. The van der Waals surface area contributed by atoms with Crippen molar-refractivity contribution in [3.05, 3.63) is 129 Å². The van der Waals surface area contributed by atoms with Crippen molar-refractivity contribution in [2.24, 2.45) is 5.92 Å². The Morgan fingerprint density at radius 3 is 2.00 bits per heavy atom. The summed E-state index contributed by atoms with van der Waals surface area (Å²) in [4.78, 5) is 29.8. The van der Waals surface area contributed by atoms with E-state index in [1.807, 2.05) is 51.1 Å². The number of hydrogen-bond donors (Lipinski definition) is 1. The van der Waals surface area contributed by atoms with E-state index in [1.165, 1.54) is 29.2 Å². The van der Waals surface area contributed by atoms with E-state index in [9.17, 15) is 18.0 Å². The summed E-state index contributed by atoms with van der Waals surface area (Å²) in [5.74, 6) is -0.848. The highest BCUT2D eigenvalue weighted by atomic mass is 35.5. The lowest BCUT2D eigenvalue weighted by molar-refractivity contribution is -0.140. The maximum atomic E-state index is 14.6. The number of hydrogen-bond acceptors (Lipinski definition) is 4. The fourth-order valence-corrected chi connectivity index (χ4v) is 6.86. The molecule has 11 heteroatoms. The summed E-state index contributed by atoms with van der Waals surface area (Å²) >= 11 is 19.3. The van der Waals surface area contributed by atoms with Crippen LogP contribution >= 0.6 is 34.8 Å². The minimum Gasteiger partial charge on any atom is -0.354 e. The smallest absolute Gasteiger partial charge is 0.264 e. The van der Waals surface area contributed by atoms with Crippen LogP contribution in [-0.4, -0.2) is 44.3 Å². The molecule has 0 spiro atoms. The van der Waals surface area contributed by atoms with Gasteiger partial charge in [0, 0.05) is 40.1 Å².